The van der Waals surface area contributed by atoms with Gasteiger partial charge in [0.25, 0.3) is 5.91 Å². The zero-order chi connectivity index (χ0) is 32.7. The number of amides is 1. The lowest BCUT2D eigenvalue weighted by Gasteiger charge is -2.69. The Morgan fingerprint density at radius 1 is 1.00 bits per heavy atom. The SMILES string of the molecule is CC(=O)O[C@H]1C[C@@]2(C)[C@@H](C[C@@H](O)[C@H]3[C@@]4(C)CC[C@@H](O)[C@@H](C)[C@@H]4CC[C@@]32C)/C1=C(\CCC=C(C)C)C(=O)NOCc1ccccc1. The van der Waals surface area contributed by atoms with Crippen molar-refractivity contribution in [1.29, 1.82) is 0 Å². The fourth-order valence-electron chi connectivity index (χ4n) is 10.6. The summed E-state index contributed by atoms with van der Waals surface area (Å²) in [4.78, 5) is 32.3. The van der Waals surface area contributed by atoms with E-state index in [0.29, 0.717) is 37.2 Å². The molecule has 0 saturated heterocycles. The number of esters is 1. The molecule has 1 amide bonds. The molecule has 7 heteroatoms. The van der Waals surface area contributed by atoms with Gasteiger partial charge in [-0.05, 0) is 116 Å². The third-order valence-corrected chi connectivity index (χ3v) is 12.8. The molecule has 0 aromatic heterocycles. The highest BCUT2D eigenvalue weighted by atomic mass is 16.6. The number of hydrogen-bond acceptors (Lipinski definition) is 6. The fourth-order valence-corrected chi connectivity index (χ4v) is 10.6. The molecular formula is C38H55NO6. The van der Waals surface area contributed by atoms with E-state index >= 15 is 0 Å². The number of carbonyl (C=O) groups excluding carboxylic acids is 2. The maximum absolute atomic E-state index is 14.0. The van der Waals surface area contributed by atoms with Crippen molar-refractivity contribution in [2.45, 2.75) is 125 Å². The fraction of sp³-hybridized carbons (Fsp3) is 0.684. The minimum Gasteiger partial charge on any atom is -0.458 e. The number of hydroxylamine groups is 1. The normalized spacial score (nSPS) is 40.0. The zero-order valence-electron chi connectivity index (χ0n) is 28.4. The van der Waals surface area contributed by atoms with Gasteiger partial charge in [0.2, 0.25) is 0 Å². The molecule has 4 aliphatic carbocycles. The van der Waals surface area contributed by atoms with Crippen LogP contribution in [0.4, 0.5) is 0 Å². The van der Waals surface area contributed by atoms with E-state index in [1.54, 1.807) is 0 Å². The predicted molar refractivity (Wildman–Crippen MR) is 174 cm³/mol. The summed E-state index contributed by atoms with van der Waals surface area (Å²) in [5.74, 6) is -0.197. The lowest BCUT2D eigenvalue weighted by Crippen LogP contribution is -2.65. The summed E-state index contributed by atoms with van der Waals surface area (Å²) in [6.45, 7) is 15.0. The summed E-state index contributed by atoms with van der Waals surface area (Å²) in [5, 5.41) is 23.0. The summed E-state index contributed by atoms with van der Waals surface area (Å²) in [6, 6.07) is 9.70. The molecule has 4 aliphatic rings. The topological polar surface area (TPSA) is 105 Å². The van der Waals surface area contributed by atoms with Crippen molar-refractivity contribution < 1.29 is 29.4 Å². The Balaban J connectivity index is 1.55. The van der Waals surface area contributed by atoms with Gasteiger partial charge < -0.3 is 14.9 Å². The van der Waals surface area contributed by atoms with Crippen molar-refractivity contribution in [3.63, 3.8) is 0 Å². The maximum atomic E-state index is 14.0. The molecule has 0 radical (unpaired) electrons. The molecule has 45 heavy (non-hydrogen) atoms. The highest BCUT2D eigenvalue weighted by Crippen LogP contribution is 2.74. The van der Waals surface area contributed by atoms with Crippen LogP contribution in [0, 0.1) is 39.9 Å². The molecule has 0 spiro atoms. The van der Waals surface area contributed by atoms with Gasteiger partial charge in [0, 0.05) is 12.5 Å². The quantitative estimate of drug-likeness (QED) is 0.127. The Hall–Kier alpha value is -2.48. The number of benzene rings is 1. The number of nitrogens with one attached hydrogen (secondary N) is 1. The van der Waals surface area contributed by atoms with Gasteiger partial charge in [-0.2, -0.15) is 0 Å². The molecule has 1 aromatic carbocycles. The van der Waals surface area contributed by atoms with Crippen molar-refractivity contribution in [3.05, 3.63) is 58.7 Å². The van der Waals surface area contributed by atoms with E-state index in [0.717, 1.165) is 36.8 Å². The Morgan fingerprint density at radius 3 is 2.38 bits per heavy atom. The molecular weight excluding hydrogens is 566 g/mol. The first-order chi connectivity index (χ1) is 21.2. The van der Waals surface area contributed by atoms with Crippen LogP contribution in [0.2, 0.25) is 0 Å². The lowest BCUT2D eigenvalue weighted by molar-refractivity contribution is -0.234. The van der Waals surface area contributed by atoms with Gasteiger partial charge in [-0.25, -0.2) is 5.48 Å². The van der Waals surface area contributed by atoms with Gasteiger partial charge in [-0.15, -0.1) is 0 Å². The van der Waals surface area contributed by atoms with Gasteiger partial charge in [-0.1, -0.05) is 69.7 Å². The third-order valence-electron chi connectivity index (χ3n) is 12.8. The molecule has 7 nitrogen and oxygen atoms in total. The maximum Gasteiger partial charge on any atom is 0.303 e. The Bertz CT molecular complexity index is 1320. The van der Waals surface area contributed by atoms with Crippen LogP contribution in [0.3, 0.4) is 0 Å². The van der Waals surface area contributed by atoms with E-state index in [9.17, 15) is 19.8 Å². The summed E-state index contributed by atoms with van der Waals surface area (Å²) < 4.78 is 6.09. The minimum atomic E-state index is -0.564. The van der Waals surface area contributed by atoms with Crippen LogP contribution in [-0.4, -0.2) is 40.4 Å². The summed E-state index contributed by atoms with van der Waals surface area (Å²) in [5.41, 5.74) is 5.65. The lowest BCUT2D eigenvalue weighted by atomic mass is 9.36. The van der Waals surface area contributed by atoms with Crippen LogP contribution >= 0.6 is 0 Å². The Morgan fingerprint density at radius 2 is 1.71 bits per heavy atom. The average Bonchev–Trinajstić information content (AvgIpc) is 3.24. The molecule has 0 unspecified atom stereocenters. The van der Waals surface area contributed by atoms with Crippen molar-refractivity contribution >= 4 is 11.9 Å². The molecule has 0 bridgehead atoms. The molecule has 4 fully saturated rings. The smallest absolute Gasteiger partial charge is 0.303 e. The van der Waals surface area contributed by atoms with Crippen molar-refractivity contribution in [2.75, 3.05) is 0 Å². The number of ether oxygens (including phenoxy) is 1. The number of allylic oxidation sites excluding steroid dienone is 2. The molecule has 5 rings (SSSR count). The first kappa shape index (κ1) is 33.9. The van der Waals surface area contributed by atoms with E-state index in [-0.39, 0.29) is 58.6 Å². The number of aliphatic hydroxyl groups excluding tert-OH is 2. The number of carbonyl (C=O) groups is 2. The number of rotatable bonds is 8. The van der Waals surface area contributed by atoms with Gasteiger partial charge in [0.05, 0.1) is 18.8 Å². The van der Waals surface area contributed by atoms with Crippen LogP contribution < -0.4 is 5.48 Å². The largest absolute Gasteiger partial charge is 0.458 e. The van der Waals surface area contributed by atoms with E-state index in [2.05, 4.69) is 39.3 Å². The molecule has 0 heterocycles. The van der Waals surface area contributed by atoms with Crippen LogP contribution in [0.15, 0.2) is 53.1 Å². The second kappa shape index (κ2) is 13.0. The van der Waals surface area contributed by atoms with E-state index < -0.39 is 12.2 Å². The number of hydrogen-bond donors (Lipinski definition) is 3. The molecule has 4 saturated carbocycles. The predicted octanol–water partition coefficient (Wildman–Crippen LogP) is 6.83. The molecule has 10 atom stereocenters. The highest BCUT2D eigenvalue weighted by molar-refractivity contribution is 5.94. The first-order valence-corrected chi connectivity index (χ1v) is 17.1. The standard InChI is InChI=1S/C38H55NO6/c1-23(2)12-11-15-27(35(43)39-44-22-26-13-9-8-10-14-26)33-29-20-31(42)34-36(5)18-17-30(41)24(3)28(36)16-19-37(34,6)38(29,7)21-32(33)45-25(4)40/h8-10,12-14,24,28-32,34,41-42H,11,15-22H2,1-7H3,(H,39,43)/b33-27-/t24-,28-,29-,30+,31+,32-,34-,36-,37-,38-/m0/s1. The Kier molecular flexibility index (Phi) is 9.76. The number of fused-ring (bicyclic) bond motifs is 5. The zero-order valence-corrected chi connectivity index (χ0v) is 28.4. The van der Waals surface area contributed by atoms with Gasteiger partial charge in [0.1, 0.15) is 6.10 Å². The first-order valence-electron chi connectivity index (χ1n) is 17.1. The van der Waals surface area contributed by atoms with Gasteiger partial charge in [0.15, 0.2) is 0 Å². The second-order valence-corrected chi connectivity index (χ2v) is 15.5. The van der Waals surface area contributed by atoms with E-state index in [1.165, 1.54) is 12.5 Å². The van der Waals surface area contributed by atoms with Crippen molar-refractivity contribution in [1.82, 2.24) is 5.48 Å². The van der Waals surface area contributed by atoms with Crippen LogP contribution in [0.25, 0.3) is 0 Å². The monoisotopic (exact) mass is 621 g/mol. The van der Waals surface area contributed by atoms with Crippen LogP contribution in [0.1, 0.15) is 105 Å². The molecule has 3 N–H and O–H groups in total. The Labute approximate surface area is 269 Å². The third kappa shape index (κ3) is 6.05. The van der Waals surface area contributed by atoms with Crippen LogP contribution in [-0.2, 0) is 25.8 Å². The van der Waals surface area contributed by atoms with Gasteiger partial charge >= 0.3 is 5.97 Å². The van der Waals surface area contributed by atoms with Gasteiger partial charge in [-0.3, -0.25) is 14.4 Å². The average molecular weight is 622 g/mol. The number of aliphatic hydroxyl groups is 2. The second-order valence-electron chi connectivity index (χ2n) is 15.5. The van der Waals surface area contributed by atoms with Crippen molar-refractivity contribution in [3.8, 4) is 0 Å². The molecule has 1 aromatic rings. The van der Waals surface area contributed by atoms with E-state index in [4.69, 9.17) is 9.57 Å². The summed E-state index contributed by atoms with van der Waals surface area (Å²) in [7, 11) is 0. The van der Waals surface area contributed by atoms with Crippen molar-refractivity contribution in [2.24, 2.45) is 39.9 Å². The molecule has 0 aliphatic heterocycles. The van der Waals surface area contributed by atoms with E-state index in [1.807, 2.05) is 44.2 Å². The minimum absolute atomic E-state index is 0.0504. The molecule has 248 valence electrons. The van der Waals surface area contributed by atoms with Crippen LogP contribution in [0.5, 0.6) is 0 Å². The highest BCUT2D eigenvalue weighted by Gasteiger charge is 2.70. The summed E-state index contributed by atoms with van der Waals surface area (Å²) >= 11 is 0. The summed E-state index contributed by atoms with van der Waals surface area (Å²) in [6.07, 6.45) is 6.60.